The molecule has 0 spiro atoms. The second-order valence-electron chi connectivity index (χ2n) is 4.23. The Kier molecular flexibility index (Phi) is 2.44. The molecule has 1 aliphatic rings. The van der Waals surface area contributed by atoms with Crippen molar-refractivity contribution in [1.82, 2.24) is 0 Å². The molecule has 0 aliphatic heterocycles. The first-order valence-electron chi connectivity index (χ1n) is 5.13. The smallest absolute Gasteiger partial charge is 0.119 e. The largest absolute Gasteiger partial charge is 0.497 e. The monoisotopic (exact) mass is 208 g/mol. The van der Waals surface area contributed by atoms with Crippen LogP contribution in [-0.2, 0) is 12.0 Å². The van der Waals surface area contributed by atoms with Gasteiger partial charge in [-0.3, -0.25) is 0 Å². The second kappa shape index (κ2) is 3.51. The van der Waals surface area contributed by atoms with E-state index in [4.69, 9.17) is 4.74 Å². The molecule has 0 bridgehead atoms. The fourth-order valence-corrected chi connectivity index (χ4v) is 2.12. The van der Waals surface area contributed by atoms with E-state index in [9.17, 15) is 10.2 Å². The van der Waals surface area contributed by atoms with E-state index in [1.54, 1.807) is 20.1 Å². The van der Waals surface area contributed by atoms with Gasteiger partial charge in [0.2, 0.25) is 0 Å². The lowest BCUT2D eigenvalue weighted by atomic mass is 9.78. The highest BCUT2D eigenvalue weighted by atomic mass is 16.5. The molecule has 3 nitrogen and oxygen atoms in total. The number of fused-ring (bicyclic) bond motifs is 1. The fraction of sp³-hybridized carbons (Fsp3) is 0.500. The zero-order chi connectivity index (χ0) is 11.1. The van der Waals surface area contributed by atoms with Gasteiger partial charge >= 0.3 is 0 Å². The van der Waals surface area contributed by atoms with Gasteiger partial charge in [0, 0.05) is 0 Å². The number of hydrogen-bond acceptors (Lipinski definition) is 3. The summed E-state index contributed by atoms with van der Waals surface area (Å²) in [5, 5.41) is 20.0. The molecule has 1 aliphatic carbocycles. The van der Waals surface area contributed by atoms with Crippen molar-refractivity contribution in [2.24, 2.45) is 0 Å². The molecule has 1 aromatic rings. The Hall–Kier alpha value is -1.06. The number of aryl methyl sites for hydroxylation is 1. The van der Waals surface area contributed by atoms with E-state index in [1.165, 1.54) is 0 Å². The molecule has 82 valence electrons. The molecule has 0 saturated carbocycles. The maximum absolute atomic E-state index is 10.2. The molecule has 2 unspecified atom stereocenters. The molecular weight excluding hydrogens is 192 g/mol. The lowest BCUT2D eigenvalue weighted by Crippen LogP contribution is -2.40. The molecule has 15 heavy (non-hydrogen) atoms. The summed E-state index contributed by atoms with van der Waals surface area (Å²) < 4.78 is 5.12. The van der Waals surface area contributed by atoms with Crippen LogP contribution in [0.5, 0.6) is 5.75 Å². The Morgan fingerprint density at radius 2 is 2.20 bits per heavy atom. The van der Waals surface area contributed by atoms with Gasteiger partial charge < -0.3 is 14.9 Å². The lowest BCUT2D eigenvalue weighted by molar-refractivity contribution is -0.0766. The molecule has 0 aromatic heterocycles. The second-order valence-corrected chi connectivity index (χ2v) is 4.23. The SMILES string of the molecule is COc1ccc2c(c1)C(C)(O)C(O)CC2. The van der Waals surface area contributed by atoms with E-state index >= 15 is 0 Å². The van der Waals surface area contributed by atoms with E-state index < -0.39 is 11.7 Å². The highest BCUT2D eigenvalue weighted by Crippen LogP contribution is 2.36. The van der Waals surface area contributed by atoms with Crippen molar-refractivity contribution in [3.8, 4) is 5.75 Å². The average Bonchev–Trinajstić information content (AvgIpc) is 2.24. The van der Waals surface area contributed by atoms with Crippen molar-refractivity contribution in [2.75, 3.05) is 7.11 Å². The first kappa shape index (κ1) is 10.5. The van der Waals surface area contributed by atoms with Crippen molar-refractivity contribution >= 4 is 0 Å². The third-order valence-electron chi connectivity index (χ3n) is 3.20. The van der Waals surface area contributed by atoms with Gasteiger partial charge in [-0.1, -0.05) is 6.07 Å². The van der Waals surface area contributed by atoms with Gasteiger partial charge in [0.05, 0.1) is 13.2 Å². The minimum absolute atomic E-state index is 0.604. The normalized spacial score (nSPS) is 29.7. The number of methoxy groups -OCH3 is 1. The summed E-state index contributed by atoms with van der Waals surface area (Å²) in [6.45, 7) is 1.65. The van der Waals surface area contributed by atoms with E-state index in [2.05, 4.69) is 0 Å². The van der Waals surface area contributed by atoms with Gasteiger partial charge in [0.25, 0.3) is 0 Å². The van der Waals surface area contributed by atoms with Crippen LogP contribution in [0.1, 0.15) is 24.5 Å². The van der Waals surface area contributed by atoms with Crippen molar-refractivity contribution in [1.29, 1.82) is 0 Å². The third kappa shape index (κ3) is 1.62. The summed E-state index contributed by atoms with van der Waals surface area (Å²) in [4.78, 5) is 0. The molecule has 1 aromatic carbocycles. The van der Waals surface area contributed by atoms with Crippen LogP contribution in [0.25, 0.3) is 0 Å². The summed E-state index contributed by atoms with van der Waals surface area (Å²) >= 11 is 0. The van der Waals surface area contributed by atoms with Crippen LogP contribution < -0.4 is 4.74 Å². The molecule has 0 saturated heterocycles. The quantitative estimate of drug-likeness (QED) is 0.729. The first-order chi connectivity index (χ1) is 7.05. The highest BCUT2D eigenvalue weighted by Gasteiger charge is 2.37. The third-order valence-corrected chi connectivity index (χ3v) is 3.20. The molecule has 2 rings (SSSR count). The van der Waals surface area contributed by atoms with Crippen molar-refractivity contribution in [2.45, 2.75) is 31.5 Å². The van der Waals surface area contributed by atoms with Crippen LogP contribution in [0.4, 0.5) is 0 Å². The van der Waals surface area contributed by atoms with Gasteiger partial charge in [0.15, 0.2) is 0 Å². The summed E-state index contributed by atoms with van der Waals surface area (Å²) in [5.74, 6) is 0.711. The van der Waals surface area contributed by atoms with Gasteiger partial charge in [-0.15, -0.1) is 0 Å². The van der Waals surface area contributed by atoms with Crippen LogP contribution in [0.3, 0.4) is 0 Å². The average molecular weight is 208 g/mol. The van der Waals surface area contributed by atoms with Gasteiger partial charge in [-0.05, 0) is 43.0 Å². The number of aliphatic hydroxyl groups is 2. The Bertz CT molecular complexity index is 371. The molecule has 2 atom stereocenters. The van der Waals surface area contributed by atoms with E-state index in [-0.39, 0.29) is 0 Å². The number of aliphatic hydroxyl groups excluding tert-OH is 1. The standard InChI is InChI=1S/C12H16O3/c1-12(14)10-7-9(15-2)5-3-8(10)4-6-11(12)13/h3,5,7,11,13-14H,4,6H2,1-2H3. The first-order valence-corrected chi connectivity index (χ1v) is 5.13. The summed E-state index contributed by atoms with van der Waals surface area (Å²) in [6.07, 6.45) is 0.709. The van der Waals surface area contributed by atoms with E-state index in [0.717, 1.165) is 17.5 Å². The van der Waals surface area contributed by atoms with Crippen molar-refractivity contribution in [3.63, 3.8) is 0 Å². The van der Waals surface area contributed by atoms with Crippen molar-refractivity contribution in [3.05, 3.63) is 29.3 Å². The minimum Gasteiger partial charge on any atom is -0.497 e. The van der Waals surface area contributed by atoms with Crippen LogP contribution in [-0.4, -0.2) is 23.4 Å². The Balaban J connectivity index is 2.51. The van der Waals surface area contributed by atoms with E-state index in [0.29, 0.717) is 12.2 Å². The van der Waals surface area contributed by atoms with Crippen LogP contribution in [0.2, 0.25) is 0 Å². The molecule has 0 radical (unpaired) electrons. The highest BCUT2D eigenvalue weighted by molar-refractivity contribution is 5.41. The van der Waals surface area contributed by atoms with Gasteiger partial charge in [-0.2, -0.15) is 0 Å². The lowest BCUT2D eigenvalue weighted by Gasteiger charge is -2.35. The Labute approximate surface area is 89.3 Å². The minimum atomic E-state index is -1.16. The van der Waals surface area contributed by atoms with Crippen LogP contribution in [0.15, 0.2) is 18.2 Å². The molecule has 2 N–H and O–H groups in total. The van der Waals surface area contributed by atoms with Crippen LogP contribution in [0, 0.1) is 0 Å². The molecule has 0 fully saturated rings. The summed E-state index contributed by atoms with van der Waals surface area (Å²) in [5.41, 5.74) is 0.703. The number of benzene rings is 1. The number of hydrogen-bond donors (Lipinski definition) is 2. The Morgan fingerprint density at radius 1 is 1.47 bits per heavy atom. The Morgan fingerprint density at radius 3 is 2.87 bits per heavy atom. The van der Waals surface area contributed by atoms with Gasteiger partial charge in [-0.25, -0.2) is 0 Å². The maximum atomic E-state index is 10.2. The van der Waals surface area contributed by atoms with Crippen molar-refractivity contribution < 1.29 is 14.9 Å². The topological polar surface area (TPSA) is 49.7 Å². The zero-order valence-electron chi connectivity index (χ0n) is 9.03. The molecule has 0 heterocycles. The van der Waals surface area contributed by atoms with Crippen LogP contribution >= 0.6 is 0 Å². The maximum Gasteiger partial charge on any atom is 0.119 e. The summed E-state index contributed by atoms with van der Waals surface area (Å²) in [7, 11) is 1.59. The molecular formula is C12H16O3. The molecule has 0 amide bonds. The number of ether oxygens (including phenoxy) is 1. The predicted molar refractivity (Wildman–Crippen MR) is 56.9 cm³/mol. The predicted octanol–water partition coefficient (Wildman–Crippen LogP) is 1.21. The zero-order valence-corrected chi connectivity index (χ0v) is 9.03. The molecule has 3 heteroatoms. The van der Waals surface area contributed by atoms with E-state index in [1.807, 2.05) is 12.1 Å². The summed E-state index contributed by atoms with van der Waals surface area (Å²) in [6, 6.07) is 5.64. The fourth-order valence-electron chi connectivity index (χ4n) is 2.12. The number of rotatable bonds is 1. The van der Waals surface area contributed by atoms with Gasteiger partial charge in [0.1, 0.15) is 11.4 Å².